The molecule has 0 bridgehead atoms. The van der Waals surface area contributed by atoms with Crippen LogP contribution in [0.5, 0.6) is 5.75 Å². The van der Waals surface area contributed by atoms with E-state index in [9.17, 15) is 13.2 Å². The second kappa shape index (κ2) is 10.9. The topological polar surface area (TPSA) is 97.0 Å². The number of nitrogens with one attached hydrogen (secondary N) is 2. The maximum atomic E-state index is 13.4. The minimum absolute atomic E-state index is 0.0395. The number of rotatable bonds is 8. The van der Waals surface area contributed by atoms with Gasteiger partial charge in [0.1, 0.15) is 16.7 Å². The minimum atomic E-state index is -3.81. The van der Waals surface area contributed by atoms with Gasteiger partial charge in [-0.15, -0.1) is 0 Å². The number of anilines is 2. The Morgan fingerprint density at radius 1 is 0.971 bits per heavy atom. The molecule has 9 heteroatoms. The van der Waals surface area contributed by atoms with E-state index in [1.165, 1.54) is 17.5 Å². The van der Waals surface area contributed by atoms with E-state index in [1.54, 1.807) is 12.1 Å². The molecular formula is C26H29N3O5S. The van der Waals surface area contributed by atoms with Crippen LogP contribution in [0, 0.1) is 6.92 Å². The van der Waals surface area contributed by atoms with Gasteiger partial charge in [-0.3, -0.25) is 4.79 Å². The highest BCUT2D eigenvalue weighted by atomic mass is 32.2. The fraction of sp³-hybridized carbons (Fsp3) is 0.269. The van der Waals surface area contributed by atoms with Gasteiger partial charge < -0.3 is 20.1 Å². The monoisotopic (exact) mass is 495 g/mol. The van der Waals surface area contributed by atoms with Crippen LogP contribution in [0.15, 0.2) is 77.7 Å². The molecule has 0 aromatic heterocycles. The Kier molecular flexibility index (Phi) is 7.70. The maximum absolute atomic E-state index is 13.4. The minimum Gasteiger partial charge on any atom is -0.495 e. The van der Waals surface area contributed by atoms with Crippen LogP contribution in [0.4, 0.5) is 11.4 Å². The Labute approximate surface area is 205 Å². The van der Waals surface area contributed by atoms with Gasteiger partial charge >= 0.3 is 0 Å². The van der Waals surface area contributed by atoms with Crippen molar-refractivity contribution in [1.82, 2.24) is 4.31 Å². The lowest BCUT2D eigenvalue weighted by molar-refractivity contribution is -0.117. The predicted octanol–water partition coefficient (Wildman–Crippen LogP) is 3.82. The third-order valence-corrected chi connectivity index (χ3v) is 7.70. The lowest BCUT2D eigenvalue weighted by Crippen LogP contribution is -2.40. The van der Waals surface area contributed by atoms with Crippen molar-refractivity contribution in [1.29, 1.82) is 0 Å². The fourth-order valence-electron chi connectivity index (χ4n) is 3.86. The van der Waals surface area contributed by atoms with Gasteiger partial charge in [0.05, 0.1) is 20.3 Å². The van der Waals surface area contributed by atoms with E-state index in [2.05, 4.69) is 10.6 Å². The standard InChI is InChI=1S/C26H29N3O5S/c1-19-8-10-21(11-9-19)28-26(30)25(20-6-4-3-5-7-20)27-22-12-13-23(33-2)24(18-22)35(31,32)29-14-16-34-17-15-29/h3-13,18,25,27H,14-17H2,1-2H3,(H,28,30). The Hall–Kier alpha value is -3.40. The van der Waals surface area contributed by atoms with Gasteiger partial charge in [-0.05, 0) is 42.8 Å². The first kappa shape index (κ1) is 24.7. The van der Waals surface area contributed by atoms with Crippen LogP contribution in [-0.4, -0.2) is 52.0 Å². The van der Waals surface area contributed by atoms with Crippen molar-refractivity contribution in [3.63, 3.8) is 0 Å². The Bertz CT molecular complexity index is 1260. The number of nitrogens with zero attached hydrogens (tertiary/aromatic N) is 1. The molecule has 3 aromatic carbocycles. The van der Waals surface area contributed by atoms with Crippen molar-refractivity contribution in [3.8, 4) is 5.75 Å². The number of carbonyl (C=O) groups is 1. The molecule has 0 saturated carbocycles. The maximum Gasteiger partial charge on any atom is 0.251 e. The fourth-order valence-corrected chi connectivity index (χ4v) is 5.45. The molecule has 4 rings (SSSR count). The molecule has 1 aliphatic rings. The Morgan fingerprint density at radius 3 is 2.29 bits per heavy atom. The molecule has 1 unspecified atom stereocenters. The molecule has 1 atom stereocenters. The number of aryl methyl sites for hydroxylation is 1. The zero-order valence-corrected chi connectivity index (χ0v) is 20.5. The van der Waals surface area contributed by atoms with Crippen LogP contribution >= 0.6 is 0 Å². The van der Waals surface area contributed by atoms with Crippen LogP contribution in [0.25, 0.3) is 0 Å². The molecule has 3 aromatic rings. The smallest absolute Gasteiger partial charge is 0.251 e. The van der Waals surface area contributed by atoms with Gasteiger partial charge in [0.2, 0.25) is 10.0 Å². The highest BCUT2D eigenvalue weighted by Gasteiger charge is 2.30. The summed E-state index contributed by atoms with van der Waals surface area (Å²) in [6.45, 7) is 3.21. The number of amides is 1. The number of sulfonamides is 1. The summed E-state index contributed by atoms with van der Waals surface area (Å²) in [7, 11) is -2.38. The number of benzene rings is 3. The van der Waals surface area contributed by atoms with E-state index in [4.69, 9.17) is 9.47 Å². The summed E-state index contributed by atoms with van der Waals surface area (Å²) in [5.74, 6) is -0.0316. The molecule has 0 radical (unpaired) electrons. The molecule has 1 saturated heterocycles. The molecule has 1 fully saturated rings. The molecule has 35 heavy (non-hydrogen) atoms. The number of morpholine rings is 1. The van der Waals surface area contributed by atoms with E-state index in [0.717, 1.165) is 11.1 Å². The average molecular weight is 496 g/mol. The predicted molar refractivity (Wildman–Crippen MR) is 135 cm³/mol. The number of ether oxygens (including phenoxy) is 2. The van der Waals surface area contributed by atoms with Crippen LogP contribution in [-0.2, 0) is 19.6 Å². The van der Waals surface area contributed by atoms with E-state index in [1.807, 2.05) is 61.5 Å². The molecule has 184 valence electrons. The van der Waals surface area contributed by atoms with E-state index in [0.29, 0.717) is 24.6 Å². The Balaban J connectivity index is 1.65. The van der Waals surface area contributed by atoms with Crippen molar-refractivity contribution in [2.24, 2.45) is 0 Å². The zero-order valence-electron chi connectivity index (χ0n) is 19.7. The average Bonchev–Trinajstić information content (AvgIpc) is 2.89. The zero-order chi connectivity index (χ0) is 24.8. The summed E-state index contributed by atoms with van der Waals surface area (Å²) in [5, 5.41) is 6.16. The summed E-state index contributed by atoms with van der Waals surface area (Å²) in [6.07, 6.45) is 0. The van der Waals surface area contributed by atoms with Crippen LogP contribution < -0.4 is 15.4 Å². The van der Waals surface area contributed by atoms with Gasteiger partial charge in [0.15, 0.2) is 0 Å². The molecule has 8 nitrogen and oxygen atoms in total. The quantitative estimate of drug-likeness (QED) is 0.493. The summed E-state index contributed by atoms with van der Waals surface area (Å²) in [5.41, 5.74) is 2.98. The van der Waals surface area contributed by atoms with Crippen LogP contribution in [0.2, 0.25) is 0 Å². The van der Waals surface area contributed by atoms with Crippen molar-refractivity contribution in [2.45, 2.75) is 17.9 Å². The van der Waals surface area contributed by atoms with Gasteiger partial charge in [-0.25, -0.2) is 8.42 Å². The Morgan fingerprint density at radius 2 is 1.63 bits per heavy atom. The van der Waals surface area contributed by atoms with Gasteiger partial charge in [-0.1, -0.05) is 48.0 Å². The summed E-state index contributed by atoms with van der Waals surface area (Å²) in [6, 6.07) is 20.9. The highest BCUT2D eigenvalue weighted by Crippen LogP contribution is 2.32. The van der Waals surface area contributed by atoms with E-state index < -0.39 is 16.1 Å². The van der Waals surface area contributed by atoms with Crippen molar-refractivity contribution in [3.05, 3.63) is 83.9 Å². The van der Waals surface area contributed by atoms with E-state index in [-0.39, 0.29) is 29.6 Å². The normalized spacial score (nSPS) is 15.3. The SMILES string of the molecule is COc1ccc(NC(C(=O)Nc2ccc(C)cc2)c2ccccc2)cc1S(=O)(=O)N1CCOCC1. The summed E-state index contributed by atoms with van der Waals surface area (Å²) < 4.78 is 38.8. The second-order valence-electron chi connectivity index (χ2n) is 8.23. The van der Waals surface area contributed by atoms with Crippen LogP contribution in [0.3, 0.4) is 0 Å². The molecule has 1 heterocycles. The van der Waals surface area contributed by atoms with E-state index >= 15 is 0 Å². The number of hydrogen-bond acceptors (Lipinski definition) is 6. The molecule has 0 spiro atoms. The number of hydrogen-bond donors (Lipinski definition) is 2. The molecule has 2 N–H and O–H groups in total. The lowest BCUT2D eigenvalue weighted by Gasteiger charge is -2.27. The first-order valence-corrected chi connectivity index (χ1v) is 12.8. The second-order valence-corrected chi connectivity index (χ2v) is 10.1. The first-order valence-electron chi connectivity index (χ1n) is 11.3. The molecule has 1 aliphatic heterocycles. The van der Waals surface area contributed by atoms with Gasteiger partial charge in [-0.2, -0.15) is 4.31 Å². The summed E-state index contributed by atoms with van der Waals surface area (Å²) in [4.78, 5) is 13.4. The molecule has 0 aliphatic carbocycles. The summed E-state index contributed by atoms with van der Waals surface area (Å²) >= 11 is 0. The molecular weight excluding hydrogens is 466 g/mol. The first-order chi connectivity index (χ1) is 16.9. The van der Waals surface area contributed by atoms with Gasteiger partial charge in [0, 0.05) is 24.5 Å². The molecule has 1 amide bonds. The third kappa shape index (κ3) is 5.82. The van der Waals surface area contributed by atoms with Crippen molar-refractivity contribution >= 4 is 27.3 Å². The third-order valence-electron chi connectivity index (χ3n) is 5.78. The number of methoxy groups -OCH3 is 1. The highest BCUT2D eigenvalue weighted by molar-refractivity contribution is 7.89. The van der Waals surface area contributed by atoms with Crippen molar-refractivity contribution < 1.29 is 22.7 Å². The largest absolute Gasteiger partial charge is 0.495 e. The lowest BCUT2D eigenvalue weighted by atomic mass is 10.1. The van der Waals surface area contributed by atoms with Crippen molar-refractivity contribution in [2.75, 3.05) is 44.0 Å². The van der Waals surface area contributed by atoms with Crippen LogP contribution in [0.1, 0.15) is 17.2 Å². The van der Waals surface area contributed by atoms with Gasteiger partial charge in [0.25, 0.3) is 5.91 Å². The number of carbonyl (C=O) groups excluding carboxylic acids is 1.